The van der Waals surface area contributed by atoms with Crippen LogP contribution in [0.1, 0.15) is 4.88 Å². The molecule has 0 radical (unpaired) electrons. The maximum Gasteiger partial charge on any atom is 0.239 e. The third-order valence-corrected chi connectivity index (χ3v) is 4.88. The molecule has 0 aliphatic heterocycles. The first-order valence-corrected chi connectivity index (χ1v) is 8.12. The predicted octanol–water partition coefficient (Wildman–Crippen LogP) is 3.59. The van der Waals surface area contributed by atoms with Crippen LogP contribution in [0.15, 0.2) is 38.9 Å². The first kappa shape index (κ1) is 13.7. The molecule has 3 N–H and O–H groups in total. The largest absolute Gasteiger partial charge is 0.292 e. The summed E-state index contributed by atoms with van der Waals surface area (Å²) < 4.78 is 0.949. The molecule has 0 unspecified atom stereocenters. The molecule has 20 heavy (non-hydrogen) atoms. The van der Waals surface area contributed by atoms with Gasteiger partial charge >= 0.3 is 0 Å². The van der Waals surface area contributed by atoms with Gasteiger partial charge in [0.1, 0.15) is 14.9 Å². The van der Waals surface area contributed by atoms with Gasteiger partial charge in [0.15, 0.2) is 0 Å². The third-order valence-electron chi connectivity index (χ3n) is 2.51. The molecule has 0 fully saturated rings. The van der Waals surface area contributed by atoms with Crippen molar-refractivity contribution in [1.82, 2.24) is 15.0 Å². The molecule has 0 aromatic carbocycles. The van der Waals surface area contributed by atoms with E-state index in [1.54, 1.807) is 17.5 Å². The maximum atomic E-state index is 5.43. The van der Waals surface area contributed by atoms with Gasteiger partial charge in [0.25, 0.3) is 0 Å². The molecule has 3 aromatic heterocycles. The van der Waals surface area contributed by atoms with Gasteiger partial charge in [-0.15, -0.1) is 11.3 Å². The normalized spacial score (nSPS) is 10.9. The van der Waals surface area contributed by atoms with Crippen molar-refractivity contribution in [1.29, 1.82) is 0 Å². The van der Waals surface area contributed by atoms with E-state index in [4.69, 9.17) is 5.84 Å². The Kier molecular flexibility index (Phi) is 3.88. The summed E-state index contributed by atoms with van der Waals surface area (Å²) >= 11 is 6.49. The molecular formula is C12H10BrN5S2. The number of hydrogen-bond donors (Lipinski definition) is 2. The van der Waals surface area contributed by atoms with Crippen molar-refractivity contribution in [3.63, 3.8) is 0 Å². The van der Waals surface area contributed by atoms with Crippen LogP contribution in [-0.4, -0.2) is 15.0 Å². The second kappa shape index (κ2) is 5.65. The van der Waals surface area contributed by atoms with Crippen molar-refractivity contribution >= 4 is 55.2 Å². The van der Waals surface area contributed by atoms with Gasteiger partial charge in [0, 0.05) is 20.9 Å². The highest BCUT2D eigenvalue weighted by Gasteiger charge is 2.12. The van der Waals surface area contributed by atoms with E-state index in [9.17, 15) is 0 Å². The molecule has 102 valence electrons. The second-order valence-electron chi connectivity index (χ2n) is 3.99. The Morgan fingerprint density at radius 1 is 1.35 bits per heavy atom. The summed E-state index contributed by atoms with van der Waals surface area (Å²) in [6, 6.07) is 5.98. The Balaban J connectivity index is 2.06. The van der Waals surface area contributed by atoms with Crippen molar-refractivity contribution < 1.29 is 0 Å². The monoisotopic (exact) mass is 367 g/mol. The summed E-state index contributed by atoms with van der Waals surface area (Å²) in [7, 11) is 0. The van der Waals surface area contributed by atoms with Crippen molar-refractivity contribution in [2.45, 2.75) is 17.0 Å². The number of nitrogens with two attached hydrogens (primary N) is 1. The van der Waals surface area contributed by atoms with Crippen LogP contribution < -0.4 is 11.3 Å². The zero-order chi connectivity index (χ0) is 14.1. The first-order chi connectivity index (χ1) is 9.65. The number of hydrazine groups is 1. The summed E-state index contributed by atoms with van der Waals surface area (Å²) in [6.45, 7) is 2.05. The quantitative estimate of drug-likeness (QED) is 0.418. The number of aryl methyl sites for hydroxylation is 1. The van der Waals surface area contributed by atoms with E-state index in [1.807, 2.05) is 19.1 Å². The Bertz CT molecular complexity index is 756. The van der Waals surface area contributed by atoms with Gasteiger partial charge in [-0.25, -0.2) is 20.8 Å². The topological polar surface area (TPSA) is 76.7 Å². The fraction of sp³-hybridized carbons (Fsp3) is 0.0833. The zero-order valence-corrected chi connectivity index (χ0v) is 13.6. The van der Waals surface area contributed by atoms with Gasteiger partial charge in [-0.1, -0.05) is 0 Å². The molecule has 0 amide bonds. The lowest BCUT2D eigenvalue weighted by Gasteiger charge is -2.04. The molecule has 0 saturated heterocycles. The molecule has 0 atom stereocenters. The summed E-state index contributed by atoms with van der Waals surface area (Å²) in [5.74, 6) is 5.84. The minimum Gasteiger partial charge on any atom is -0.292 e. The molecule has 3 heterocycles. The summed E-state index contributed by atoms with van der Waals surface area (Å²) in [5, 5.41) is 2.75. The van der Waals surface area contributed by atoms with Gasteiger partial charge in [0.2, 0.25) is 5.95 Å². The highest BCUT2D eigenvalue weighted by Crippen LogP contribution is 2.35. The first-order valence-electron chi connectivity index (χ1n) is 5.70. The highest BCUT2D eigenvalue weighted by molar-refractivity contribution is 9.10. The number of pyridine rings is 1. The van der Waals surface area contributed by atoms with Crippen LogP contribution in [-0.2, 0) is 0 Å². The van der Waals surface area contributed by atoms with Gasteiger partial charge in [0.05, 0.1) is 0 Å². The second-order valence-corrected chi connectivity index (χ2v) is 7.15. The lowest BCUT2D eigenvalue weighted by molar-refractivity contribution is 1.06. The van der Waals surface area contributed by atoms with Crippen LogP contribution in [0.5, 0.6) is 0 Å². The van der Waals surface area contributed by atoms with Gasteiger partial charge < -0.3 is 0 Å². The number of anilines is 1. The standard InChI is InChI=1S/C12H10BrN5S2/c1-6-4-8-10(19-6)16-12(18-14)17-11(8)20-9-3-2-7(13)5-15-9/h2-5H,14H2,1H3,(H,16,17,18). The van der Waals surface area contributed by atoms with E-state index in [0.29, 0.717) is 5.95 Å². The lowest BCUT2D eigenvalue weighted by atomic mass is 10.4. The number of halogens is 1. The van der Waals surface area contributed by atoms with Crippen LogP contribution in [0, 0.1) is 6.92 Å². The fourth-order valence-electron chi connectivity index (χ4n) is 1.68. The van der Waals surface area contributed by atoms with E-state index in [-0.39, 0.29) is 0 Å². The maximum absolute atomic E-state index is 5.43. The Morgan fingerprint density at radius 3 is 2.90 bits per heavy atom. The molecule has 3 aromatic rings. The molecule has 0 bridgehead atoms. The Morgan fingerprint density at radius 2 is 2.20 bits per heavy atom. The Labute approximate surface area is 132 Å². The molecule has 0 spiro atoms. The number of rotatable bonds is 3. The minimum atomic E-state index is 0.416. The fourth-order valence-corrected chi connectivity index (χ4v) is 3.70. The Hall–Kier alpha value is -1.22. The molecular weight excluding hydrogens is 358 g/mol. The van der Waals surface area contributed by atoms with E-state index < -0.39 is 0 Å². The van der Waals surface area contributed by atoms with Crippen molar-refractivity contribution in [3.05, 3.63) is 33.7 Å². The number of hydrogen-bond acceptors (Lipinski definition) is 7. The predicted molar refractivity (Wildman–Crippen MR) is 86.0 cm³/mol. The van der Waals surface area contributed by atoms with E-state index in [2.05, 4.69) is 42.4 Å². The number of thiophene rings is 1. The third kappa shape index (κ3) is 2.78. The van der Waals surface area contributed by atoms with Crippen molar-refractivity contribution in [3.8, 4) is 0 Å². The summed E-state index contributed by atoms with van der Waals surface area (Å²) in [5.41, 5.74) is 2.51. The summed E-state index contributed by atoms with van der Waals surface area (Å²) in [6.07, 6.45) is 1.77. The molecule has 5 nitrogen and oxygen atoms in total. The van der Waals surface area contributed by atoms with Crippen LogP contribution in [0.2, 0.25) is 0 Å². The minimum absolute atomic E-state index is 0.416. The van der Waals surface area contributed by atoms with Crippen LogP contribution in [0.25, 0.3) is 10.2 Å². The van der Waals surface area contributed by atoms with E-state index in [0.717, 1.165) is 24.7 Å². The molecule has 0 aliphatic carbocycles. The molecule has 8 heteroatoms. The number of nitrogen functional groups attached to an aromatic ring is 1. The number of nitrogens with zero attached hydrogens (tertiary/aromatic N) is 3. The van der Waals surface area contributed by atoms with Crippen LogP contribution >= 0.6 is 39.0 Å². The van der Waals surface area contributed by atoms with Crippen molar-refractivity contribution in [2.24, 2.45) is 5.84 Å². The smallest absolute Gasteiger partial charge is 0.239 e. The molecule has 0 aliphatic rings. The van der Waals surface area contributed by atoms with Gasteiger partial charge in [-0.05, 0) is 52.8 Å². The van der Waals surface area contributed by atoms with Crippen molar-refractivity contribution in [2.75, 3.05) is 5.43 Å². The van der Waals surface area contributed by atoms with E-state index in [1.165, 1.54) is 16.6 Å². The number of nitrogens with one attached hydrogen (secondary N) is 1. The number of aromatic nitrogens is 3. The average molecular weight is 368 g/mol. The molecule has 0 saturated carbocycles. The van der Waals surface area contributed by atoms with Crippen LogP contribution in [0.4, 0.5) is 5.95 Å². The van der Waals surface area contributed by atoms with Gasteiger partial charge in [-0.2, -0.15) is 0 Å². The average Bonchev–Trinajstić information content (AvgIpc) is 2.81. The van der Waals surface area contributed by atoms with Gasteiger partial charge in [-0.3, -0.25) is 5.43 Å². The highest BCUT2D eigenvalue weighted by atomic mass is 79.9. The van der Waals surface area contributed by atoms with E-state index >= 15 is 0 Å². The zero-order valence-electron chi connectivity index (χ0n) is 10.4. The summed E-state index contributed by atoms with van der Waals surface area (Å²) in [4.78, 5) is 15.2. The lowest BCUT2D eigenvalue weighted by Crippen LogP contribution is -2.10. The van der Waals surface area contributed by atoms with Crippen LogP contribution in [0.3, 0.4) is 0 Å². The number of fused-ring (bicyclic) bond motifs is 1. The molecule has 3 rings (SSSR count). The SMILES string of the molecule is Cc1cc2c(Sc3ccc(Br)cn3)nc(NN)nc2s1.